The predicted molar refractivity (Wildman–Crippen MR) is 73.0 cm³/mol. The van der Waals surface area contributed by atoms with Gasteiger partial charge < -0.3 is 4.84 Å². The molecule has 0 saturated carbocycles. The zero-order valence-electron chi connectivity index (χ0n) is 10.9. The van der Waals surface area contributed by atoms with Crippen LogP contribution in [0.1, 0.15) is 44.6 Å². The molecule has 0 saturated heterocycles. The first-order chi connectivity index (χ1) is 8.86. The largest absolute Gasteiger partial charge is 0.391 e. The number of nitrogens with zero attached hydrogens (tertiary/aromatic N) is 2. The average Bonchev–Trinajstić information content (AvgIpc) is 2.40. The first-order valence-electron chi connectivity index (χ1n) is 6.45. The fourth-order valence-corrected chi connectivity index (χ4v) is 1.65. The molecule has 0 spiro atoms. The molecule has 1 rings (SSSR count). The first kappa shape index (κ1) is 14.2. The lowest BCUT2D eigenvalue weighted by molar-refractivity contribution is 0.129. The highest BCUT2D eigenvalue weighted by molar-refractivity contribution is 5.83. The molecule has 0 aliphatic carbocycles. The molecule has 0 heterocycles. The van der Waals surface area contributed by atoms with E-state index < -0.39 is 0 Å². The van der Waals surface area contributed by atoms with Crippen molar-refractivity contribution in [3.8, 4) is 6.07 Å². The van der Waals surface area contributed by atoms with Crippen molar-refractivity contribution in [1.82, 2.24) is 0 Å². The first-order valence-corrected chi connectivity index (χ1v) is 6.45. The Morgan fingerprint density at radius 3 is 2.72 bits per heavy atom. The molecule has 1 aromatic rings. The number of oxime groups is 1. The van der Waals surface area contributed by atoms with Crippen LogP contribution in [0.4, 0.5) is 0 Å². The quantitative estimate of drug-likeness (QED) is 0.393. The smallest absolute Gasteiger partial charge is 0.142 e. The standard InChI is InChI=1S/C15H20N2O/c1-2-8-15(11-6-7-12-16)17-18-13-14-9-4-3-5-10-14/h3-5,9-10H,2,6-8,11,13H2,1H3/b17-15+. The van der Waals surface area contributed by atoms with Crippen molar-refractivity contribution < 1.29 is 4.84 Å². The molecule has 1 aromatic carbocycles. The molecular weight excluding hydrogens is 224 g/mol. The van der Waals surface area contributed by atoms with Gasteiger partial charge in [-0.2, -0.15) is 5.26 Å². The Morgan fingerprint density at radius 1 is 1.28 bits per heavy atom. The minimum Gasteiger partial charge on any atom is -0.391 e. The van der Waals surface area contributed by atoms with Gasteiger partial charge in [0, 0.05) is 6.42 Å². The Bertz CT molecular complexity index is 393. The minimum absolute atomic E-state index is 0.506. The molecule has 0 aliphatic heterocycles. The van der Waals surface area contributed by atoms with Crippen molar-refractivity contribution in [3.63, 3.8) is 0 Å². The Balaban J connectivity index is 2.37. The van der Waals surface area contributed by atoms with Crippen molar-refractivity contribution in [2.45, 2.75) is 45.6 Å². The van der Waals surface area contributed by atoms with Crippen LogP contribution in [0.15, 0.2) is 35.5 Å². The maximum Gasteiger partial charge on any atom is 0.142 e. The summed E-state index contributed by atoms with van der Waals surface area (Å²) in [5, 5.41) is 12.7. The molecule has 96 valence electrons. The van der Waals surface area contributed by atoms with Crippen LogP contribution in [-0.4, -0.2) is 5.71 Å². The molecule has 3 heteroatoms. The summed E-state index contributed by atoms with van der Waals surface area (Å²) in [7, 11) is 0. The normalized spacial score (nSPS) is 11.0. The Morgan fingerprint density at radius 2 is 2.06 bits per heavy atom. The van der Waals surface area contributed by atoms with E-state index in [2.05, 4.69) is 18.1 Å². The summed E-state index contributed by atoms with van der Waals surface area (Å²) in [6.07, 6.45) is 4.31. The molecule has 0 amide bonds. The molecule has 0 fully saturated rings. The summed E-state index contributed by atoms with van der Waals surface area (Å²) >= 11 is 0. The molecule has 0 atom stereocenters. The summed E-state index contributed by atoms with van der Waals surface area (Å²) in [6, 6.07) is 12.1. The highest BCUT2D eigenvalue weighted by Gasteiger charge is 2.00. The molecule has 0 aliphatic rings. The highest BCUT2D eigenvalue weighted by atomic mass is 16.6. The van der Waals surface area contributed by atoms with Crippen molar-refractivity contribution in [2.24, 2.45) is 5.16 Å². The molecule has 0 unspecified atom stereocenters. The second-order valence-corrected chi connectivity index (χ2v) is 4.18. The van der Waals surface area contributed by atoms with Crippen LogP contribution in [0.5, 0.6) is 0 Å². The van der Waals surface area contributed by atoms with Gasteiger partial charge in [-0.25, -0.2) is 0 Å². The number of hydrogen-bond donors (Lipinski definition) is 0. The average molecular weight is 244 g/mol. The second-order valence-electron chi connectivity index (χ2n) is 4.18. The third-order valence-corrected chi connectivity index (χ3v) is 2.56. The van der Waals surface area contributed by atoms with Crippen molar-refractivity contribution in [2.75, 3.05) is 0 Å². The van der Waals surface area contributed by atoms with Gasteiger partial charge in [0.05, 0.1) is 11.8 Å². The zero-order valence-corrected chi connectivity index (χ0v) is 10.9. The summed E-state index contributed by atoms with van der Waals surface area (Å²) in [5.41, 5.74) is 2.18. The lowest BCUT2D eigenvalue weighted by Gasteiger charge is -2.04. The van der Waals surface area contributed by atoms with Crippen LogP contribution < -0.4 is 0 Å². The third-order valence-electron chi connectivity index (χ3n) is 2.56. The van der Waals surface area contributed by atoms with E-state index in [-0.39, 0.29) is 0 Å². The Hall–Kier alpha value is -1.82. The highest BCUT2D eigenvalue weighted by Crippen LogP contribution is 2.06. The van der Waals surface area contributed by atoms with Gasteiger partial charge in [0.1, 0.15) is 6.61 Å². The summed E-state index contributed by atoms with van der Waals surface area (Å²) < 4.78 is 0. The van der Waals surface area contributed by atoms with Crippen molar-refractivity contribution >= 4 is 5.71 Å². The van der Waals surface area contributed by atoms with E-state index >= 15 is 0 Å². The number of hydrogen-bond acceptors (Lipinski definition) is 3. The summed E-state index contributed by atoms with van der Waals surface area (Å²) in [5.74, 6) is 0. The van der Waals surface area contributed by atoms with E-state index in [4.69, 9.17) is 10.1 Å². The number of unbranched alkanes of at least 4 members (excludes halogenated alkanes) is 1. The van der Waals surface area contributed by atoms with Gasteiger partial charge >= 0.3 is 0 Å². The zero-order chi connectivity index (χ0) is 13.1. The van der Waals surface area contributed by atoms with Gasteiger partial charge in [0.25, 0.3) is 0 Å². The van der Waals surface area contributed by atoms with E-state index in [9.17, 15) is 0 Å². The number of benzene rings is 1. The lowest BCUT2D eigenvalue weighted by atomic mass is 10.1. The van der Waals surface area contributed by atoms with Crippen molar-refractivity contribution in [1.29, 1.82) is 5.26 Å². The van der Waals surface area contributed by atoms with E-state index in [0.717, 1.165) is 37.0 Å². The van der Waals surface area contributed by atoms with Gasteiger partial charge in [-0.3, -0.25) is 0 Å². The molecule has 0 N–H and O–H groups in total. The van der Waals surface area contributed by atoms with Gasteiger partial charge in [0.15, 0.2) is 0 Å². The van der Waals surface area contributed by atoms with Gasteiger partial charge in [-0.1, -0.05) is 48.8 Å². The molecule has 0 aromatic heterocycles. The summed E-state index contributed by atoms with van der Waals surface area (Å²) in [4.78, 5) is 5.37. The molecule has 0 radical (unpaired) electrons. The fourth-order valence-electron chi connectivity index (χ4n) is 1.65. The third kappa shape index (κ3) is 6.05. The van der Waals surface area contributed by atoms with E-state index in [0.29, 0.717) is 13.0 Å². The van der Waals surface area contributed by atoms with E-state index in [1.807, 2.05) is 30.3 Å². The Labute approximate surface area is 109 Å². The van der Waals surface area contributed by atoms with Crippen LogP contribution in [0.2, 0.25) is 0 Å². The molecule has 18 heavy (non-hydrogen) atoms. The minimum atomic E-state index is 0.506. The Kier molecular flexibility index (Phi) is 7.31. The van der Waals surface area contributed by atoms with Crippen LogP contribution in [0.25, 0.3) is 0 Å². The lowest BCUT2D eigenvalue weighted by Crippen LogP contribution is -2.00. The fraction of sp³-hybridized carbons (Fsp3) is 0.467. The monoisotopic (exact) mass is 244 g/mol. The summed E-state index contributed by atoms with van der Waals surface area (Å²) in [6.45, 7) is 2.63. The van der Waals surface area contributed by atoms with Crippen molar-refractivity contribution in [3.05, 3.63) is 35.9 Å². The molecule has 0 bridgehead atoms. The predicted octanol–water partition coefficient (Wildman–Crippen LogP) is 4.05. The van der Waals surface area contributed by atoms with Gasteiger partial charge in [-0.15, -0.1) is 0 Å². The molecular formula is C15H20N2O. The number of nitriles is 1. The van der Waals surface area contributed by atoms with Crippen LogP contribution >= 0.6 is 0 Å². The van der Waals surface area contributed by atoms with Gasteiger partial charge in [0.2, 0.25) is 0 Å². The molecule has 3 nitrogen and oxygen atoms in total. The maximum absolute atomic E-state index is 8.51. The van der Waals surface area contributed by atoms with E-state index in [1.54, 1.807) is 0 Å². The maximum atomic E-state index is 8.51. The van der Waals surface area contributed by atoms with Crippen LogP contribution in [-0.2, 0) is 11.4 Å². The second kappa shape index (κ2) is 9.23. The SMILES string of the molecule is CCC/C(CCCC#N)=N\OCc1ccccc1. The number of rotatable bonds is 8. The van der Waals surface area contributed by atoms with Crippen LogP contribution in [0, 0.1) is 11.3 Å². The van der Waals surface area contributed by atoms with Gasteiger partial charge in [-0.05, 0) is 24.8 Å². The van der Waals surface area contributed by atoms with E-state index in [1.165, 1.54) is 0 Å². The van der Waals surface area contributed by atoms with Crippen LogP contribution in [0.3, 0.4) is 0 Å². The topological polar surface area (TPSA) is 45.4 Å².